The van der Waals surface area contributed by atoms with Crippen LogP contribution in [0.15, 0.2) is 24.3 Å². The van der Waals surface area contributed by atoms with E-state index in [1.807, 2.05) is 0 Å². The molecular weight excluding hydrogens is 221 g/mol. The number of aliphatic hydroxyl groups is 1. The number of carbonyl (C=O) groups excluding carboxylic acids is 1. The van der Waals surface area contributed by atoms with Gasteiger partial charge < -0.3 is 10.0 Å². The number of hydrogen-bond acceptors (Lipinski definition) is 2. The molecule has 0 aromatic heterocycles. The Bertz CT molecular complexity index is 380. The van der Waals surface area contributed by atoms with Gasteiger partial charge in [0.05, 0.1) is 6.10 Å². The average molecular weight is 237 g/mol. The van der Waals surface area contributed by atoms with Gasteiger partial charge in [-0.1, -0.05) is 12.1 Å². The van der Waals surface area contributed by atoms with E-state index in [4.69, 9.17) is 0 Å². The maximum Gasteiger partial charge on any atom is 0.209 e. The molecule has 1 aromatic carbocycles. The van der Waals surface area contributed by atoms with E-state index in [1.165, 1.54) is 12.1 Å². The van der Waals surface area contributed by atoms with Gasteiger partial charge in [0.1, 0.15) is 5.82 Å². The Morgan fingerprint density at radius 1 is 1.41 bits per heavy atom. The van der Waals surface area contributed by atoms with Gasteiger partial charge in [-0.2, -0.15) is 0 Å². The molecule has 17 heavy (non-hydrogen) atoms. The zero-order valence-electron chi connectivity index (χ0n) is 9.55. The molecule has 4 heteroatoms. The molecule has 0 saturated carbocycles. The fraction of sp³-hybridized carbons (Fsp3) is 0.462. The van der Waals surface area contributed by atoms with Gasteiger partial charge in [-0.25, -0.2) is 4.39 Å². The van der Waals surface area contributed by atoms with Crippen LogP contribution in [0.1, 0.15) is 24.5 Å². The third kappa shape index (κ3) is 2.82. The molecule has 2 unspecified atom stereocenters. The largest absolute Gasteiger partial charge is 0.388 e. The van der Waals surface area contributed by atoms with E-state index in [1.54, 1.807) is 17.0 Å². The summed E-state index contributed by atoms with van der Waals surface area (Å²) in [5.74, 6) is -0.265. The van der Waals surface area contributed by atoms with Crippen LogP contribution < -0.4 is 0 Å². The summed E-state index contributed by atoms with van der Waals surface area (Å²) >= 11 is 0. The second-order valence-electron chi connectivity index (χ2n) is 4.50. The predicted molar refractivity (Wildman–Crippen MR) is 61.7 cm³/mol. The predicted octanol–water partition coefficient (Wildman–Crippen LogP) is 1.73. The SMILES string of the molecule is O=CN1CCCC(C(O)c2ccc(F)cc2)C1. The standard InChI is InChI=1S/C13H16FNO2/c14-12-5-3-10(4-6-12)13(17)11-2-1-7-15(8-11)9-16/h3-6,9,11,13,17H,1-2,7-8H2. The first-order chi connectivity index (χ1) is 8.20. The molecule has 0 aliphatic carbocycles. The summed E-state index contributed by atoms with van der Waals surface area (Å²) in [6, 6.07) is 5.89. The van der Waals surface area contributed by atoms with Crippen molar-refractivity contribution in [3.05, 3.63) is 35.6 Å². The Labute approximate surface area is 99.9 Å². The van der Waals surface area contributed by atoms with Gasteiger partial charge in [0.2, 0.25) is 6.41 Å². The number of likely N-dealkylation sites (tertiary alicyclic amines) is 1. The van der Waals surface area contributed by atoms with Crippen molar-refractivity contribution in [2.45, 2.75) is 18.9 Å². The van der Waals surface area contributed by atoms with Crippen molar-refractivity contribution in [1.82, 2.24) is 4.90 Å². The van der Waals surface area contributed by atoms with Crippen LogP contribution in [-0.2, 0) is 4.79 Å². The third-order valence-corrected chi connectivity index (χ3v) is 3.30. The van der Waals surface area contributed by atoms with Crippen LogP contribution in [0.2, 0.25) is 0 Å². The first-order valence-corrected chi connectivity index (χ1v) is 5.83. The van der Waals surface area contributed by atoms with Crippen molar-refractivity contribution in [3.8, 4) is 0 Å². The highest BCUT2D eigenvalue weighted by Gasteiger charge is 2.26. The number of benzene rings is 1. The van der Waals surface area contributed by atoms with Crippen molar-refractivity contribution >= 4 is 6.41 Å². The Hall–Kier alpha value is -1.42. The molecule has 0 bridgehead atoms. The molecule has 1 aromatic rings. The smallest absolute Gasteiger partial charge is 0.209 e. The van der Waals surface area contributed by atoms with Gasteiger partial charge in [-0.3, -0.25) is 4.79 Å². The minimum absolute atomic E-state index is 0.0411. The molecule has 0 radical (unpaired) electrons. The van der Waals surface area contributed by atoms with Crippen LogP contribution in [0.5, 0.6) is 0 Å². The summed E-state index contributed by atoms with van der Waals surface area (Å²) < 4.78 is 12.8. The molecule has 1 fully saturated rings. The van der Waals surface area contributed by atoms with Crippen molar-refractivity contribution < 1.29 is 14.3 Å². The number of nitrogens with zero attached hydrogens (tertiary/aromatic N) is 1. The van der Waals surface area contributed by atoms with Crippen LogP contribution in [-0.4, -0.2) is 29.5 Å². The van der Waals surface area contributed by atoms with Crippen LogP contribution in [0, 0.1) is 11.7 Å². The Kier molecular flexibility index (Phi) is 3.74. The number of halogens is 1. The number of aliphatic hydroxyl groups excluding tert-OH is 1. The number of rotatable bonds is 3. The van der Waals surface area contributed by atoms with Crippen LogP contribution >= 0.6 is 0 Å². The molecule has 1 heterocycles. The molecule has 1 aliphatic heterocycles. The van der Waals surface area contributed by atoms with Gasteiger partial charge in [0.25, 0.3) is 0 Å². The number of carbonyl (C=O) groups is 1. The summed E-state index contributed by atoms with van der Waals surface area (Å²) in [4.78, 5) is 12.4. The molecule has 1 N–H and O–H groups in total. The Morgan fingerprint density at radius 2 is 2.12 bits per heavy atom. The fourth-order valence-corrected chi connectivity index (χ4v) is 2.33. The second-order valence-corrected chi connectivity index (χ2v) is 4.50. The monoisotopic (exact) mass is 237 g/mol. The lowest BCUT2D eigenvalue weighted by Crippen LogP contribution is -2.36. The highest BCUT2D eigenvalue weighted by molar-refractivity contribution is 5.47. The third-order valence-electron chi connectivity index (χ3n) is 3.30. The zero-order chi connectivity index (χ0) is 12.3. The highest BCUT2D eigenvalue weighted by Crippen LogP contribution is 2.29. The van der Waals surface area contributed by atoms with Gasteiger partial charge in [-0.15, -0.1) is 0 Å². The van der Waals surface area contributed by atoms with Crippen LogP contribution in [0.4, 0.5) is 4.39 Å². The summed E-state index contributed by atoms with van der Waals surface area (Å²) in [5.41, 5.74) is 0.712. The lowest BCUT2D eigenvalue weighted by atomic mass is 9.89. The topological polar surface area (TPSA) is 40.5 Å². The van der Waals surface area contributed by atoms with Crippen LogP contribution in [0.25, 0.3) is 0 Å². The van der Waals surface area contributed by atoms with E-state index in [9.17, 15) is 14.3 Å². The highest BCUT2D eigenvalue weighted by atomic mass is 19.1. The normalized spacial score (nSPS) is 22.2. The summed E-state index contributed by atoms with van der Waals surface area (Å²) in [5, 5.41) is 10.2. The van der Waals surface area contributed by atoms with Gasteiger partial charge in [0.15, 0.2) is 0 Å². The zero-order valence-corrected chi connectivity index (χ0v) is 9.55. The van der Waals surface area contributed by atoms with E-state index in [0.29, 0.717) is 12.1 Å². The van der Waals surface area contributed by atoms with E-state index >= 15 is 0 Å². The number of amides is 1. The quantitative estimate of drug-likeness (QED) is 0.813. The minimum atomic E-state index is -0.627. The Balaban J connectivity index is 2.06. The first kappa shape index (κ1) is 12.0. The minimum Gasteiger partial charge on any atom is -0.388 e. The van der Waals surface area contributed by atoms with Crippen molar-refractivity contribution in [1.29, 1.82) is 0 Å². The maximum atomic E-state index is 12.8. The maximum absolute atomic E-state index is 12.8. The summed E-state index contributed by atoms with van der Waals surface area (Å²) in [7, 11) is 0. The van der Waals surface area contributed by atoms with Crippen molar-refractivity contribution in [2.24, 2.45) is 5.92 Å². The molecule has 0 spiro atoms. The number of hydrogen-bond donors (Lipinski definition) is 1. The van der Waals surface area contributed by atoms with Gasteiger partial charge in [-0.05, 0) is 30.5 Å². The number of piperidine rings is 1. The van der Waals surface area contributed by atoms with E-state index < -0.39 is 6.10 Å². The lowest BCUT2D eigenvalue weighted by Gasteiger charge is -2.33. The second kappa shape index (κ2) is 5.27. The molecule has 2 atom stereocenters. The fourth-order valence-electron chi connectivity index (χ4n) is 2.33. The lowest BCUT2D eigenvalue weighted by molar-refractivity contribution is -0.120. The Morgan fingerprint density at radius 3 is 2.76 bits per heavy atom. The average Bonchev–Trinajstić information content (AvgIpc) is 2.39. The van der Waals surface area contributed by atoms with Crippen molar-refractivity contribution in [2.75, 3.05) is 13.1 Å². The first-order valence-electron chi connectivity index (χ1n) is 5.83. The van der Waals surface area contributed by atoms with Crippen LogP contribution in [0.3, 0.4) is 0 Å². The molecular formula is C13H16FNO2. The van der Waals surface area contributed by atoms with E-state index in [-0.39, 0.29) is 11.7 Å². The molecule has 1 aliphatic rings. The summed E-state index contributed by atoms with van der Waals surface area (Å²) in [6.45, 7) is 1.33. The molecule has 92 valence electrons. The van der Waals surface area contributed by atoms with Gasteiger partial charge >= 0.3 is 0 Å². The molecule has 1 amide bonds. The van der Waals surface area contributed by atoms with E-state index in [2.05, 4.69) is 0 Å². The molecule has 1 saturated heterocycles. The molecule has 2 rings (SSSR count). The summed E-state index contributed by atoms with van der Waals surface area (Å²) in [6.07, 6.45) is 1.99. The van der Waals surface area contributed by atoms with Crippen molar-refractivity contribution in [3.63, 3.8) is 0 Å². The van der Waals surface area contributed by atoms with E-state index in [0.717, 1.165) is 25.8 Å². The molecule has 3 nitrogen and oxygen atoms in total. The van der Waals surface area contributed by atoms with Gasteiger partial charge in [0, 0.05) is 19.0 Å².